The topological polar surface area (TPSA) is 44.4 Å². The van der Waals surface area contributed by atoms with E-state index in [-0.39, 0.29) is 11.9 Å². The number of carbonyl (C=O) groups excluding carboxylic acids is 1. The lowest BCUT2D eigenvalue weighted by Crippen LogP contribution is -2.43. The number of amides is 1. The molecule has 2 unspecified atom stereocenters. The zero-order valence-corrected chi connectivity index (χ0v) is 12.1. The fourth-order valence-electron chi connectivity index (χ4n) is 2.66. The number of rotatable bonds is 5. The number of hydrogen-bond acceptors (Lipinski definition) is 3. The van der Waals surface area contributed by atoms with Gasteiger partial charge in [-0.25, -0.2) is 0 Å². The maximum atomic E-state index is 12.0. The number of carbonyl (C=O) groups is 1. The van der Waals surface area contributed by atoms with Gasteiger partial charge in [-0.15, -0.1) is 0 Å². The average molecular weight is 261 g/mol. The smallest absolute Gasteiger partial charge is 0.246 e. The van der Waals surface area contributed by atoms with Gasteiger partial charge in [-0.3, -0.25) is 4.79 Å². The molecular formula is C15H23N3O. The fraction of sp³-hybridized carbons (Fsp3) is 0.533. The monoisotopic (exact) mass is 261 g/mol. The largest absolute Gasteiger partial charge is 0.324 e. The molecule has 1 aliphatic rings. The highest BCUT2D eigenvalue weighted by Crippen LogP contribution is 2.30. The average Bonchev–Trinajstić information content (AvgIpc) is 2.65. The minimum absolute atomic E-state index is 0.0439. The van der Waals surface area contributed by atoms with E-state index in [0.29, 0.717) is 12.0 Å². The highest BCUT2D eigenvalue weighted by atomic mass is 16.2. The van der Waals surface area contributed by atoms with Crippen LogP contribution in [0.25, 0.3) is 0 Å². The highest BCUT2D eigenvalue weighted by Gasteiger charge is 2.30. The molecule has 104 valence electrons. The van der Waals surface area contributed by atoms with Crippen molar-refractivity contribution >= 4 is 11.6 Å². The summed E-state index contributed by atoms with van der Waals surface area (Å²) in [5.74, 6) is 0.588. The van der Waals surface area contributed by atoms with Crippen molar-refractivity contribution in [2.75, 3.05) is 26.0 Å². The molecule has 0 saturated heterocycles. The van der Waals surface area contributed by atoms with Crippen molar-refractivity contribution in [2.24, 2.45) is 5.92 Å². The number of nitrogens with one attached hydrogen (secondary N) is 2. The van der Waals surface area contributed by atoms with Gasteiger partial charge in [-0.1, -0.05) is 32.0 Å². The Labute approximate surface area is 115 Å². The molecule has 0 saturated carbocycles. The summed E-state index contributed by atoms with van der Waals surface area (Å²) >= 11 is 0. The SMILES string of the molecule is CC(C)C(CNC1C(=O)Nc2ccccc21)N(C)C. The summed E-state index contributed by atoms with van der Waals surface area (Å²) in [5, 5.41) is 6.31. The quantitative estimate of drug-likeness (QED) is 0.850. The molecule has 0 fully saturated rings. The molecule has 19 heavy (non-hydrogen) atoms. The molecule has 0 aliphatic carbocycles. The first-order chi connectivity index (χ1) is 9.00. The third-order valence-corrected chi connectivity index (χ3v) is 3.76. The highest BCUT2D eigenvalue weighted by molar-refractivity contribution is 6.02. The molecule has 0 aromatic heterocycles. The van der Waals surface area contributed by atoms with Gasteiger partial charge in [0, 0.05) is 23.8 Å². The van der Waals surface area contributed by atoms with Gasteiger partial charge in [0.25, 0.3) is 0 Å². The van der Waals surface area contributed by atoms with Gasteiger partial charge in [-0.2, -0.15) is 0 Å². The van der Waals surface area contributed by atoms with Gasteiger partial charge in [0.2, 0.25) is 5.91 Å². The fourth-order valence-corrected chi connectivity index (χ4v) is 2.66. The number of fused-ring (bicyclic) bond motifs is 1. The number of anilines is 1. The van der Waals surface area contributed by atoms with E-state index >= 15 is 0 Å². The standard InChI is InChI=1S/C15H23N3O/c1-10(2)13(18(3)4)9-16-14-11-7-5-6-8-12(11)17-15(14)19/h5-8,10,13-14,16H,9H2,1-4H3,(H,17,19). The van der Waals surface area contributed by atoms with Crippen LogP contribution in [0.4, 0.5) is 5.69 Å². The number of nitrogens with zero attached hydrogens (tertiary/aromatic N) is 1. The Kier molecular flexibility index (Phi) is 4.22. The van der Waals surface area contributed by atoms with Crippen LogP contribution in [0.2, 0.25) is 0 Å². The second-order valence-electron chi connectivity index (χ2n) is 5.69. The predicted molar refractivity (Wildman–Crippen MR) is 78.1 cm³/mol. The van der Waals surface area contributed by atoms with E-state index in [2.05, 4.69) is 43.5 Å². The Bertz CT molecular complexity index is 448. The lowest BCUT2D eigenvalue weighted by atomic mass is 10.0. The van der Waals surface area contributed by atoms with Crippen LogP contribution in [-0.4, -0.2) is 37.5 Å². The first kappa shape index (κ1) is 14.0. The Hall–Kier alpha value is -1.39. The molecule has 0 radical (unpaired) electrons. The number of hydrogen-bond donors (Lipinski definition) is 2. The summed E-state index contributed by atoms with van der Waals surface area (Å²) in [5.41, 5.74) is 1.98. The molecular weight excluding hydrogens is 238 g/mol. The van der Waals surface area contributed by atoms with Crippen molar-refractivity contribution in [3.05, 3.63) is 29.8 Å². The zero-order chi connectivity index (χ0) is 14.0. The van der Waals surface area contributed by atoms with E-state index in [1.807, 2.05) is 24.3 Å². The third kappa shape index (κ3) is 2.96. The molecule has 1 aromatic rings. The van der Waals surface area contributed by atoms with Gasteiger partial charge in [0.1, 0.15) is 6.04 Å². The van der Waals surface area contributed by atoms with Gasteiger partial charge in [0.15, 0.2) is 0 Å². The third-order valence-electron chi connectivity index (χ3n) is 3.76. The van der Waals surface area contributed by atoms with Crippen molar-refractivity contribution < 1.29 is 4.79 Å². The second-order valence-corrected chi connectivity index (χ2v) is 5.69. The van der Waals surface area contributed by atoms with E-state index in [1.165, 1.54) is 0 Å². The van der Waals surface area contributed by atoms with Crippen molar-refractivity contribution in [2.45, 2.75) is 25.9 Å². The van der Waals surface area contributed by atoms with Gasteiger partial charge in [-0.05, 0) is 26.1 Å². The molecule has 4 heteroatoms. The molecule has 2 N–H and O–H groups in total. The van der Waals surface area contributed by atoms with Crippen LogP contribution >= 0.6 is 0 Å². The minimum Gasteiger partial charge on any atom is -0.324 e. The van der Waals surface area contributed by atoms with Crippen LogP contribution in [0.5, 0.6) is 0 Å². The maximum Gasteiger partial charge on any atom is 0.246 e. The summed E-state index contributed by atoms with van der Waals surface area (Å²) in [6, 6.07) is 8.06. The van der Waals surface area contributed by atoms with Crippen LogP contribution in [0.15, 0.2) is 24.3 Å². The van der Waals surface area contributed by atoms with E-state index in [9.17, 15) is 4.79 Å². The van der Waals surface area contributed by atoms with E-state index < -0.39 is 0 Å². The lowest BCUT2D eigenvalue weighted by molar-refractivity contribution is -0.117. The molecule has 0 bridgehead atoms. The summed E-state index contributed by atoms with van der Waals surface area (Å²) < 4.78 is 0. The van der Waals surface area contributed by atoms with Gasteiger partial charge in [0.05, 0.1) is 0 Å². The van der Waals surface area contributed by atoms with Crippen LogP contribution in [-0.2, 0) is 4.79 Å². The Morgan fingerprint density at radius 1 is 1.32 bits per heavy atom. The molecule has 0 spiro atoms. The van der Waals surface area contributed by atoms with Crippen LogP contribution in [0, 0.1) is 5.92 Å². The lowest BCUT2D eigenvalue weighted by Gasteiger charge is -2.29. The minimum atomic E-state index is -0.225. The first-order valence-electron chi connectivity index (χ1n) is 6.80. The molecule has 1 amide bonds. The van der Waals surface area contributed by atoms with E-state index in [0.717, 1.165) is 17.8 Å². The van der Waals surface area contributed by atoms with Crippen molar-refractivity contribution in [3.63, 3.8) is 0 Å². The van der Waals surface area contributed by atoms with E-state index in [4.69, 9.17) is 0 Å². The van der Waals surface area contributed by atoms with Crippen molar-refractivity contribution in [1.29, 1.82) is 0 Å². The van der Waals surface area contributed by atoms with Crippen LogP contribution in [0.3, 0.4) is 0 Å². The maximum absolute atomic E-state index is 12.0. The summed E-state index contributed by atoms with van der Waals surface area (Å²) in [7, 11) is 4.16. The second kappa shape index (κ2) is 5.72. The molecule has 2 rings (SSSR count). The molecule has 1 aliphatic heterocycles. The Morgan fingerprint density at radius 3 is 2.63 bits per heavy atom. The zero-order valence-electron chi connectivity index (χ0n) is 12.1. The predicted octanol–water partition coefficient (Wildman–Crippen LogP) is 1.86. The van der Waals surface area contributed by atoms with Crippen molar-refractivity contribution in [1.82, 2.24) is 10.2 Å². The first-order valence-corrected chi connectivity index (χ1v) is 6.80. The Morgan fingerprint density at radius 2 is 2.00 bits per heavy atom. The van der Waals surface area contributed by atoms with Gasteiger partial charge < -0.3 is 15.5 Å². The molecule has 4 nitrogen and oxygen atoms in total. The van der Waals surface area contributed by atoms with Crippen LogP contribution in [0.1, 0.15) is 25.5 Å². The summed E-state index contributed by atoms with van der Waals surface area (Å²) in [4.78, 5) is 14.2. The summed E-state index contributed by atoms with van der Waals surface area (Å²) in [6.45, 7) is 5.21. The van der Waals surface area contributed by atoms with Gasteiger partial charge >= 0.3 is 0 Å². The normalized spacial score (nSPS) is 19.7. The number of likely N-dealkylation sites (N-methyl/N-ethyl adjacent to an activating group) is 1. The molecule has 2 atom stereocenters. The Balaban J connectivity index is 2.06. The summed E-state index contributed by atoms with van der Waals surface area (Å²) in [6.07, 6.45) is 0. The molecule has 1 heterocycles. The van der Waals surface area contributed by atoms with Crippen molar-refractivity contribution in [3.8, 4) is 0 Å². The van der Waals surface area contributed by atoms with Crippen LogP contribution < -0.4 is 10.6 Å². The number of benzene rings is 1. The number of para-hydroxylation sites is 1. The molecule has 1 aromatic carbocycles. The van der Waals surface area contributed by atoms with E-state index in [1.54, 1.807) is 0 Å².